The predicted octanol–water partition coefficient (Wildman–Crippen LogP) is 2.51. The van der Waals surface area contributed by atoms with Crippen molar-refractivity contribution in [2.75, 3.05) is 7.11 Å². The summed E-state index contributed by atoms with van der Waals surface area (Å²) in [7, 11) is 1.66. The number of rotatable bonds is 1. The second kappa shape index (κ2) is 3.30. The predicted molar refractivity (Wildman–Crippen MR) is 53.8 cm³/mol. The number of nitrogens with one attached hydrogen (secondary N) is 1. The van der Waals surface area contributed by atoms with Gasteiger partial charge in [-0.3, -0.25) is 0 Å². The van der Waals surface area contributed by atoms with Gasteiger partial charge < -0.3 is 10.1 Å². The normalized spacial score (nSPS) is 19.1. The maximum atomic E-state index is 6.04. The van der Waals surface area contributed by atoms with E-state index in [-0.39, 0.29) is 5.50 Å². The molecule has 0 radical (unpaired) electrons. The second-order valence-electron chi connectivity index (χ2n) is 2.86. The molecule has 13 heavy (non-hydrogen) atoms. The van der Waals surface area contributed by atoms with Gasteiger partial charge in [-0.2, -0.15) is 0 Å². The molecule has 0 saturated carbocycles. The van der Waals surface area contributed by atoms with Gasteiger partial charge in [0.1, 0.15) is 11.3 Å². The van der Waals surface area contributed by atoms with Gasteiger partial charge in [-0.15, -0.1) is 0 Å². The maximum absolute atomic E-state index is 6.04. The molecule has 1 aromatic carbocycles. The standard InChI is InChI=1S/C10H10ClNO/c1-13-8-2-3-9-7(6-8)4-5-12-10(9)11/h2-6,10,12H,1H3. The van der Waals surface area contributed by atoms with Crippen LogP contribution in [0, 0.1) is 0 Å². The van der Waals surface area contributed by atoms with Crippen LogP contribution in [-0.2, 0) is 0 Å². The summed E-state index contributed by atoms with van der Waals surface area (Å²) >= 11 is 6.04. The molecule has 0 bridgehead atoms. The zero-order valence-corrected chi connectivity index (χ0v) is 8.01. The third-order valence-corrected chi connectivity index (χ3v) is 2.43. The minimum atomic E-state index is -0.133. The fraction of sp³-hybridized carbons (Fsp3) is 0.200. The Labute approximate surface area is 82.2 Å². The lowest BCUT2D eigenvalue weighted by Crippen LogP contribution is -2.13. The van der Waals surface area contributed by atoms with Crippen molar-refractivity contribution in [1.29, 1.82) is 0 Å². The minimum absolute atomic E-state index is 0.133. The number of fused-ring (bicyclic) bond motifs is 1. The number of alkyl halides is 1. The van der Waals surface area contributed by atoms with E-state index in [1.54, 1.807) is 7.11 Å². The first-order chi connectivity index (χ1) is 6.31. The van der Waals surface area contributed by atoms with Gasteiger partial charge >= 0.3 is 0 Å². The molecule has 1 N–H and O–H groups in total. The Balaban J connectivity index is 2.47. The van der Waals surface area contributed by atoms with E-state index in [9.17, 15) is 0 Å². The fourth-order valence-electron chi connectivity index (χ4n) is 1.37. The van der Waals surface area contributed by atoms with Gasteiger partial charge in [-0.1, -0.05) is 17.7 Å². The first-order valence-corrected chi connectivity index (χ1v) is 4.49. The third-order valence-electron chi connectivity index (χ3n) is 2.07. The lowest BCUT2D eigenvalue weighted by Gasteiger charge is -2.18. The Kier molecular flexibility index (Phi) is 2.15. The average Bonchev–Trinajstić information content (AvgIpc) is 2.18. The Morgan fingerprint density at radius 3 is 3.08 bits per heavy atom. The number of methoxy groups -OCH3 is 1. The zero-order chi connectivity index (χ0) is 9.26. The van der Waals surface area contributed by atoms with Crippen molar-refractivity contribution in [2.24, 2.45) is 0 Å². The topological polar surface area (TPSA) is 21.3 Å². The van der Waals surface area contributed by atoms with Crippen LogP contribution in [-0.4, -0.2) is 7.11 Å². The molecule has 0 fully saturated rings. The summed E-state index contributed by atoms with van der Waals surface area (Å²) in [4.78, 5) is 0. The number of benzene rings is 1. The molecule has 0 aromatic heterocycles. The molecule has 68 valence electrons. The van der Waals surface area contributed by atoms with Crippen LogP contribution in [0.15, 0.2) is 24.4 Å². The first kappa shape index (κ1) is 8.45. The summed E-state index contributed by atoms with van der Waals surface area (Å²) in [6.07, 6.45) is 3.83. The van der Waals surface area contributed by atoms with Gasteiger partial charge in [0.2, 0.25) is 0 Å². The summed E-state index contributed by atoms with van der Waals surface area (Å²) < 4.78 is 5.12. The highest BCUT2D eigenvalue weighted by Crippen LogP contribution is 2.29. The molecule has 0 saturated heterocycles. The monoisotopic (exact) mass is 195 g/mol. The van der Waals surface area contributed by atoms with E-state index in [0.717, 1.165) is 16.9 Å². The van der Waals surface area contributed by atoms with Crippen LogP contribution in [0.4, 0.5) is 0 Å². The van der Waals surface area contributed by atoms with Crippen molar-refractivity contribution in [1.82, 2.24) is 5.32 Å². The molecule has 1 aromatic rings. The highest BCUT2D eigenvalue weighted by molar-refractivity contribution is 6.21. The minimum Gasteiger partial charge on any atom is -0.497 e. The molecular weight excluding hydrogens is 186 g/mol. The second-order valence-corrected chi connectivity index (χ2v) is 3.29. The van der Waals surface area contributed by atoms with Crippen molar-refractivity contribution in [3.8, 4) is 5.75 Å². The van der Waals surface area contributed by atoms with Crippen molar-refractivity contribution in [2.45, 2.75) is 5.50 Å². The summed E-state index contributed by atoms with van der Waals surface area (Å²) in [6.45, 7) is 0. The Bertz CT molecular complexity index is 349. The quantitative estimate of drug-likeness (QED) is 0.549. The molecule has 1 aliphatic heterocycles. The molecule has 0 amide bonds. The number of hydrogen-bond donors (Lipinski definition) is 1. The molecule has 3 heteroatoms. The van der Waals surface area contributed by atoms with Gasteiger partial charge in [-0.25, -0.2) is 0 Å². The Morgan fingerprint density at radius 2 is 2.31 bits per heavy atom. The lowest BCUT2D eigenvalue weighted by molar-refractivity contribution is 0.414. The van der Waals surface area contributed by atoms with E-state index in [2.05, 4.69) is 5.32 Å². The van der Waals surface area contributed by atoms with E-state index >= 15 is 0 Å². The summed E-state index contributed by atoms with van der Waals surface area (Å²) in [5.74, 6) is 0.856. The van der Waals surface area contributed by atoms with Crippen molar-refractivity contribution < 1.29 is 4.74 Å². The number of ether oxygens (including phenoxy) is 1. The molecule has 1 atom stereocenters. The molecular formula is C10H10ClNO. The maximum Gasteiger partial charge on any atom is 0.127 e. The van der Waals surface area contributed by atoms with E-state index in [0.29, 0.717) is 0 Å². The van der Waals surface area contributed by atoms with Crippen molar-refractivity contribution in [3.63, 3.8) is 0 Å². The van der Waals surface area contributed by atoms with Crippen LogP contribution in [0.3, 0.4) is 0 Å². The molecule has 1 aliphatic rings. The summed E-state index contributed by atoms with van der Waals surface area (Å²) in [5.41, 5.74) is 2.06. The van der Waals surface area contributed by atoms with Gasteiger partial charge in [0.05, 0.1) is 7.11 Å². The van der Waals surface area contributed by atoms with Crippen LogP contribution >= 0.6 is 11.6 Å². The number of halogens is 1. The molecule has 0 spiro atoms. The molecule has 0 aliphatic carbocycles. The van der Waals surface area contributed by atoms with Gasteiger partial charge in [0.25, 0.3) is 0 Å². The van der Waals surface area contributed by atoms with Crippen LogP contribution < -0.4 is 10.1 Å². The van der Waals surface area contributed by atoms with Crippen LogP contribution in [0.1, 0.15) is 16.6 Å². The zero-order valence-electron chi connectivity index (χ0n) is 7.25. The van der Waals surface area contributed by atoms with Crippen LogP contribution in [0.5, 0.6) is 5.75 Å². The van der Waals surface area contributed by atoms with Crippen LogP contribution in [0.25, 0.3) is 6.08 Å². The fourth-order valence-corrected chi connectivity index (χ4v) is 1.64. The van der Waals surface area contributed by atoms with Gasteiger partial charge in [0.15, 0.2) is 0 Å². The van der Waals surface area contributed by atoms with E-state index in [4.69, 9.17) is 16.3 Å². The molecule has 2 nitrogen and oxygen atoms in total. The van der Waals surface area contributed by atoms with Crippen molar-refractivity contribution in [3.05, 3.63) is 35.5 Å². The SMILES string of the molecule is COc1ccc2c(c1)C=CNC2Cl. The molecule has 1 unspecified atom stereocenters. The average molecular weight is 196 g/mol. The van der Waals surface area contributed by atoms with Gasteiger partial charge in [-0.05, 0) is 35.5 Å². The highest BCUT2D eigenvalue weighted by atomic mass is 35.5. The van der Waals surface area contributed by atoms with E-state index in [1.807, 2.05) is 30.5 Å². The van der Waals surface area contributed by atoms with Crippen LogP contribution in [0.2, 0.25) is 0 Å². The smallest absolute Gasteiger partial charge is 0.127 e. The first-order valence-electron chi connectivity index (χ1n) is 4.06. The highest BCUT2D eigenvalue weighted by Gasteiger charge is 2.13. The summed E-state index contributed by atoms with van der Waals surface area (Å²) in [6, 6.07) is 5.86. The molecule has 2 rings (SSSR count). The largest absolute Gasteiger partial charge is 0.497 e. The summed E-state index contributed by atoms with van der Waals surface area (Å²) in [5, 5.41) is 3.02. The Morgan fingerprint density at radius 1 is 1.46 bits per heavy atom. The third kappa shape index (κ3) is 1.49. The Hall–Kier alpha value is -1.15. The van der Waals surface area contributed by atoms with E-state index < -0.39 is 0 Å². The van der Waals surface area contributed by atoms with Gasteiger partial charge in [0, 0.05) is 0 Å². The van der Waals surface area contributed by atoms with Crippen molar-refractivity contribution >= 4 is 17.7 Å². The van der Waals surface area contributed by atoms with E-state index in [1.165, 1.54) is 0 Å². The lowest BCUT2D eigenvalue weighted by atomic mass is 10.0. The number of hydrogen-bond acceptors (Lipinski definition) is 2. The molecule has 1 heterocycles.